The second-order valence-corrected chi connectivity index (χ2v) is 7.88. The summed E-state index contributed by atoms with van der Waals surface area (Å²) in [5.41, 5.74) is 1.01. The fraction of sp³-hybridized carbons (Fsp3) is 0.333. The van der Waals surface area contributed by atoms with Crippen LogP contribution >= 0.6 is 39.0 Å². The number of aryl methyl sites for hydroxylation is 1. The Morgan fingerprint density at radius 2 is 2.18 bits per heavy atom. The lowest BCUT2D eigenvalue weighted by Gasteiger charge is -2.04. The first-order valence-corrected chi connectivity index (χ1v) is 9.76. The third kappa shape index (κ3) is 4.02. The second-order valence-electron chi connectivity index (χ2n) is 4.93. The molecule has 22 heavy (non-hydrogen) atoms. The lowest BCUT2D eigenvalue weighted by molar-refractivity contribution is 0.836. The molecule has 3 aromatic rings. The number of unbranched alkanes of at least 4 members (excludes halogenated alkanes) is 1. The van der Waals surface area contributed by atoms with Gasteiger partial charge in [0.1, 0.15) is 0 Å². The first-order valence-electron chi connectivity index (χ1n) is 7.16. The number of hydrogen-bond acceptors (Lipinski definition) is 5. The van der Waals surface area contributed by atoms with Gasteiger partial charge < -0.3 is 5.32 Å². The summed E-state index contributed by atoms with van der Waals surface area (Å²) in [7, 11) is 0. The van der Waals surface area contributed by atoms with Crippen molar-refractivity contribution in [2.45, 2.75) is 24.7 Å². The number of hydrogen-bond donors (Lipinski definition) is 1. The predicted molar refractivity (Wildman–Crippen MR) is 98.2 cm³/mol. The molecule has 0 aliphatic rings. The summed E-state index contributed by atoms with van der Waals surface area (Å²) in [6.07, 6.45) is 4.27. The van der Waals surface area contributed by atoms with Gasteiger partial charge in [-0.1, -0.05) is 23.5 Å². The van der Waals surface area contributed by atoms with Crippen molar-refractivity contribution < 1.29 is 0 Å². The molecule has 0 atom stereocenters. The summed E-state index contributed by atoms with van der Waals surface area (Å²) in [6, 6.07) is 8.37. The zero-order valence-electron chi connectivity index (χ0n) is 12.3. The topological polar surface area (TPSA) is 42.2 Å². The van der Waals surface area contributed by atoms with Crippen molar-refractivity contribution in [2.24, 2.45) is 0 Å². The minimum Gasteiger partial charge on any atom is -0.360 e. The van der Waals surface area contributed by atoms with E-state index in [2.05, 4.69) is 49.5 Å². The molecular formula is C15H17BrN4S2. The third-order valence-electron chi connectivity index (χ3n) is 3.11. The van der Waals surface area contributed by atoms with Crippen molar-refractivity contribution in [2.75, 3.05) is 17.6 Å². The zero-order chi connectivity index (χ0) is 15.4. The minimum absolute atomic E-state index is 0.945. The van der Waals surface area contributed by atoms with Gasteiger partial charge >= 0.3 is 0 Å². The molecule has 1 aromatic carbocycles. The highest BCUT2D eigenvalue weighted by Gasteiger charge is 2.05. The second kappa shape index (κ2) is 7.48. The van der Waals surface area contributed by atoms with Crippen LogP contribution in [0.25, 0.3) is 4.96 Å². The highest BCUT2D eigenvalue weighted by molar-refractivity contribution is 9.10. The van der Waals surface area contributed by atoms with Crippen LogP contribution in [0.2, 0.25) is 0 Å². The molecule has 0 amide bonds. The molecule has 116 valence electrons. The molecule has 2 aromatic heterocycles. The highest BCUT2D eigenvalue weighted by atomic mass is 79.9. The van der Waals surface area contributed by atoms with E-state index in [9.17, 15) is 0 Å². The Labute approximate surface area is 146 Å². The Morgan fingerprint density at radius 1 is 1.32 bits per heavy atom. The molecule has 0 spiro atoms. The van der Waals surface area contributed by atoms with Gasteiger partial charge in [-0.3, -0.25) is 0 Å². The molecule has 3 rings (SSSR count). The molecule has 1 N–H and O–H groups in total. The first kappa shape index (κ1) is 15.8. The van der Waals surface area contributed by atoms with Gasteiger partial charge in [0.25, 0.3) is 0 Å². The molecule has 4 nitrogen and oxygen atoms in total. The SMILES string of the molecule is Cc1cn2nc(NCCCCSc3ccccc3Br)sc2n1. The number of thioether (sulfide) groups is 1. The number of aromatic nitrogens is 3. The molecule has 0 aliphatic heterocycles. The van der Waals surface area contributed by atoms with Crippen molar-refractivity contribution in [3.05, 3.63) is 40.6 Å². The molecule has 0 saturated heterocycles. The molecule has 2 heterocycles. The zero-order valence-corrected chi connectivity index (χ0v) is 15.5. The minimum atomic E-state index is 0.945. The van der Waals surface area contributed by atoms with E-state index in [-0.39, 0.29) is 0 Å². The number of halogens is 1. The van der Waals surface area contributed by atoms with E-state index in [0.717, 1.165) is 34.5 Å². The van der Waals surface area contributed by atoms with Crippen LogP contribution in [0, 0.1) is 6.92 Å². The van der Waals surface area contributed by atoms with Crippen molar-refractivity contribution in [1.82, 2.24) is 14.6 Å². The summed E-state index contributed by atoms with van der Waals surface area (Å²) < 4.78 is 3.02. The summed E-state index contributed by atoms with van der Waals surface area (Å²) in [5, 5.41) is 8.78. The van der Waals surface area contributed by atoms with Crippen LogP contribution in [-0.4, -0.2) is 26.9 Å². The van der Waals surface area contributed by atoms with Crippen molar-refractivity contribution in [1.29, 1.82) is 0 Å². The van der Waals surface area contributed by atoms with Crippen LogP contribution in [0.1, 0.15) is 18.5 Å². The Balaban J connectivity index is 1.37. The lowest BCUT2D eigenvalue weighted by Crippen LogP contribution is -2.02. The van der Waals surface area contributed by atoms with Gasteiger partial charge in [-0.15, -0.1) is 16.9 Å². The van der Waals surface area contributed by atoms with Crippen molar-refractivity contribution in [3.63, 3.8) is 0 Å². The number of nitrogens with zero attached hydrogens (tertiary/aromatic N) is 3. The van der Waals surface area contributed by atoms with Crippen molar-refractivity contribution >= 4 is 49.1 Å². The van der Waals surface area contributed by atoms with E-state index in [4.69, 9.17) is 0 Å². The molecular weight excluding hydrogens is 380 g/mol. The largest absolute Gasteiger partial charge is 0.360 e. The average molecular weight is 397 g/mol. The van der Waals surface area contributed by atoms with Gasteiger partial charge in [0, 0.05) is 15.9 Å². The maximum Gasteiger partial charge on any atom is 0.214 e. The van der Waals surface area contributed by atoms with Crippen LogP contribution in [0.4, 0.5) is 5.13 Å². The lowest BCUT2D eigenvalue weighted by atomic mass is 10.3. The normalized spacial score (nSPS) is 11.2. The molecule has 0 radical (unpaired) electrons. The van der Waals surface area contributed by atoms with Gasteiger partial charge in [-0.25, -0.2) is 9.50 Å². The molecule has 0 unspecified atom stereocenters. The maximum absolute atomic E-state index is 4.46. The van der Waals surface area contributed by atoms with E-state index in [1.807, 2.05) is 35.5 Å². The van der Waals surface area contributed by atoms with Gasteiger partial charge in [0.05, 0.1) is 11.9 Å². The summed E-state index contributed by atoms with van der Waals surface area (Å²) in [6.45, 7) is 2.93. The number of anilines is 1. The first-order chi connectivity index (χ1) is 10.7. The van der Waals surface area contributed by atoms with Gasteiger partial charge in [-0.2, -0.15) is 0 Å². The molecule has 0 fully saturated rings. The number of rotatable bonds is 7. The van der Waals surface area contributed by atoms with E-state index in [0.29, 0.717) is 0 Å². The summed E-state index contributed by atoms with van der Waals surface area (Å²) >= 11 is 7.08. The molecule has 0 saturated carbocycles. The Kier molecular flexibility index (Phi) is 5.38. The Morgan fingerprint density at radius 3 is 3.00 bits per heavy atom. The smallest absolute Gasteiger partial charge is 0.214 e. The van der Waals surface area contributed by atoms with Gasteiger partial charge in [0.2, 0.25) is 10.1 Å². The fourth-order valence-corrected chi connectivity index (χ4v) is 4.48. The van der Waals surface area contributed by atoms with Crippen LogP contribution < -0.4 is 5.32 Å². The summed E-state index contributed by atoms with van der Waals surface area (Å²) in [4.78, 5) is 6.67. The van der Waals surface area contributed by atoms with E-state index >= 15 is 0 Å². The van der Waals surface area contributed by atoms with Crippen LogP contribution in [0.5, 0.6) is 0 Å². The van der Waals surface area contributed by atoms with Crippen molar-refractivity contribution in [3.8, 4) is 0 Å². The van der Waals surface area contributed by atoms with Gasteiger partial charge in [-0.05, 0) is 53.6 Å². The highest BCUT2D eigenvalue weighted by Crippen LogP contribution is 2.27. The Bertz CT molecular complexity index is 721. The van der Waals surface area contributed by atoms with Crippen LogP contribution in [0.15, 0.2) is 39.8 Å². The van der Waals surface area contributed by atoms with Crippen LogP contribution in [0.3, 0.4) is 0 Å². The number of imidazole rings is 1. The summed E-state index contributed by atoms with van der Waals surface area (Å²) in [5.74, 6) is 1.13. The Hall–Kier alpha value is -1.05. The number of nitrogens with one attached hydrogen (secondary N) is 1. The molecule has 0 bridgehead atoms. The third-order valence-corrected chi connectivity index (χ3v) is 6.10. The van der Waals surface area contributed by atoms with Crippen LogP contribution in [-0.2, 0) is 0 Å². The standard InChI is InChI=1S/C15H17BrN4S2/c1-11-10-20-15(18-11)22-14(19-20)17-8-4-5-9-21-13-7-3-2-6-12(13)16/h2-3,6-7,10H,4-5,8-9H2,1H3,(H,17,19). The average Bonchev–Trinajstić information content (AvgIpc) is 3.01. The monoisotopic (exact) mass is 396 g/mol. The molecule has 7 heteroatoms. The number of benzene rings is 1. The fourth-order valence-electron chi connectivity index (χ4n) is 2.05. The molecule has 0 aliphatic carbocycles. The van der Waals surface area contributed by atoms with E-state index in [1.54, 1.807) is 11.3 Å². The van der Waals surface area contributed by atoms with E-state index in [1.165, 1.54) is 15.8 Å². The quantitative estimate of drug-likeness (QED) is 0.457. The van der Waals surface area contributed by atoms with E-state index < -0.39 is 0 Å². The van der Waals surface area contributed by atoms with Gasteiger partial charge in [0.15, 0.2) is 0 Å². The number of fused-ring (bicyclic) bond motifs is 1. The predicted octanol–water partition coefficient (Wildman–Crippen LogP) is 4.85. The maximum atomic E-state index is 4.46.